The van der Waals surface area contributed by atoms with E-state index in [1.165, 1.54) is 0 Å². The molecule has 4 nitrogen and oxygen atoms in total. The third kappa shape index (κ3) is 5.34. The van der Waals surface area contributed by atoms with Gasteiger partial charge in [-0.15, -0.1) is 0 Å². The highest BCUT2D eigenvalue weighted by Crippen LogP contribution is 2.31. The average molecular weight is 278 g/mol. The van der Waals surface area contributed by atoms with Crippen molar-refractivity contribution in [2.24, 2.45) is 5.92 Å². The van der Waals surface area contributed by atoms with Crippen molar-refractivity contribution in [1.29, 1.82) is 0 Å². The lowest BCUT2D eigenvalue weighted by Gasteiger charge is -2.12. The molecule has 0 atom stereocenters. The summed E-state index contributed by atoms with van der Waals surface area (Å²) in [5, 5.41) is 0. The molecular formula is C12H17F3N2O2. The summed E-state index contributed by atoms with van der Waals surface area (Å²) in [7, 11) is 0. The van der Waals surface area contributed by atoms with E-state index in [2.05, 4.69) is 4.98 Å². The highest BCUT2D eigenvalue weighted by molar-refractivity contribution is 5.51. The van der Waals surface area contributed by atoms with Crippen molar-refractivity contribution >= 4 is 5.69 Å². The Bertz CT molecular complexity index is 408. The van der Waals surface area contributed by atoms with Crippen LogP contribution in [0.5, 0.6) is 5.75 Å². The van der Waals surface area contributed by atoms with Gasteiger partial charge in [0.05, 0.1) is 18.5 Å². The van der Waals surface area contributed by atoms with Crippen LogP contribution in [-0.4, -0.2) is 24.8 Å². The minimum Gasteiger partial charge on any atom is -0.489 e. The Morgan fingerprint density at radius 1 is 1.32 bits per heavy atom. The molecule has 1 rings (SSSR count). The Balaban J connectivity index is 2.53. The van der Waals surface area contributed by atoms with E-state index in [4.69, 9.17) is 15.2 Å². The quantitative estimate of drug-likeness (QED) is 0.813. The van der Waals surface area contributed by atoms with Gasteiger partial charge in [-0.2, -0.15) is 13.2 Å². The van der Waals surface area contributed by atoms with E-state index in [-0.39, 0.29) is 18.0 Å². The van der Waals surface area contributed by atoms with Gasteiger partial charge in [-0.3, -0.25) is 0 Å². The largest absolute Gasteiger partial charge is 0.489 e. The molecule has 0 unspecified atom stereocenters. The predicted octanol–water partition coefficient (Wildman–Crippen LogP) is 2.73. The molecule has 0 amide bonds. The Hall–Kier alpha value is -1.50. The minimum absolute atomic E-state index is 0.0320. The van der Waals surface area contributed by atoms with E-state index in [9.17, 15) is 13.2 Å². The van der Waals surface area contributed by atoms with Crippen LogP contribution < -0.4 is 10.5 Å². The smallest absolute Gasteiger partial charge is 0.433 e. The van der Waals surface area contributed by atoms with E-state index < -0.39 is 11.9 Å². The van der Waals surface area contributed by atoms with Gasteiger partial charge < -0.3 is 15.2 Å². The third-order valence-electron chi connectivity index (χ3n) is 2.12. The van der Waals surface area contributed by atoms with Crippen LogP contribution in [0.4, 0.5) is 18.9 Å². The highest BCUT2D eigenvalue weighted by Gasteiger charge is 2.33. The number of nitrogens with two attached hydrogens (primary N) is 1. The number of hydrogen-bond acceptors (Lipinski definition) is 4. The van der Waals surface area contributed by atoms with Crippen molar-refractivity contribution in [1.82, 2.24) is 4.98 Å². The summed E-state index contributed by atoms with van der Waals surface area (Å²) < 4.78 is 47.8. The molecule has 0 spiro atoms. The van der Waals surface area contributed by atoms with Crippen molar-refractivity contribution < 1.29 is 22.6 Å². The van der Waals surface area contributed by atoms with Crippen LogP contribution in [0.2, 0.25) is 0 Å². The van der Waals surface area contributed by atoms with E-state index in [0.717, 1.165) is 12.3 Å². The normalized spacial score (nSPS) is 11.9. The molecular weight excluding hydrogens is 261 g/mol. The van der Waals surface area contributed by atoms with Crippen LogP contribution in [0.3, 0.4) is 0 Å². The fourth-order valence-corrected chi connectivity index (χ4v) is 1.26. The average Bonchev–Trinajstić information content (AvgIpc) is 2.29. The standard InChI is InChI=1S/C12H17F3N2O2/c1-8(2)7-18-3-4-19-10-5-11(12(13,14)15)17-6-9(10)16/h5-6,8H,3-4,7,16H2,1-2H3. The van der Waals surface area contributed by atoms with E-state index >= 15 is 0 Å². The molecule has 0 aliphatic carbocycles. The number of anilines is 1. The first kappa shape index (κ1) is 15.6. The van der Waals surface area contributed by atoms with Gasteiger partial charge in [0.2, 0.25) is 0 Å². The Morgan fingerprint density at radius 2 is 2.00 bits per heavy atom. The molecule has 1 aromatic rings. The van der Waals surface area contributed by atoms with Gasteiger partial charge in [-0.05, 0) is 5.92 Å². The first-order valence-corrected chi connectivity index (χ1v) is 5.84. The van der Waals surface area contributed by atoms with Gasteiger partial charge in [0.1, 0.15) is 18.1 Å². The van der Waals surface area contributed by atoms with Crippen molar-refractivity contribution in [2.45, 2.75) is 20.0 Å². The van der Waals surface area contributed by atoms with Gasteiger partial charge in [-0.1, -0.05) is 13.8 Å². The van der Waals surface area contributed by atoms with Gasteiger partial charge >= 0.3 is 6.18 Å². The van der Waals surface area contributed by atoms with Crippen LogP contribution in [0.25, 0.3) is 0 Å². The van der Waals surface area contributed by atoms with Gasteiger partial charge in [0.15, 0.2) is 0 Å². The summed E-state index contributed by atoms with van der Waals surface area (Å²) in [6.45, 7) is 5.00. The number of pyridine rings is 1. The van der Waals surface area contributed by atoms with Crippen LogP contribution in [0, 0.1) is 5.92 Å². The molecule has 0 saturated heterocycles. The molecule has 19 heavy (non-hydrogen) atoms. The van der Waals surface area contributed by atoms with Crippen LogP contribution in [0.1, 0.15) is 19.5 Å². The van der Waals surface area contributed by atoms with Crippen molar-refractivity contribution in [2.75, 3.05) is 25.6 Å². The molecule has 0 aromatic carbocycles. The van der Waals surface area contributed by atoms with Crippen molar-refractivity contribution in [3.8, 4) is 5.75 Å². The summed E-state index contributed by atoms with van der Waals surface area (Å²) >= 11 is 0. The van der Waals surface area contributed by atoms with Crippen LogP contribution in [-0.2, 0) is 10.9 Å². The van der Waals surface area contributed by atoms with Crippen LogP contribution >= 0.6 is 0 Å². The maximum atomic E-state index is 12.4. The zero-order chi connectivity index (χ0) is 14.5. The first-order valence-electron chi connectivity index (χ1n) is 5.84. The Kier molecular flexibility index (Phi) is 5.41. The molecule has 0 bridgehead atoms. The number of halogens is 3. The van der Waals surface area contributed by atoms with Gasteiger partial charge in [0, 0.05) is 12.7 Å². The van der Waals surface area contributed by atoms with E-state index in [1.807, 2.05) is 13.8 Å². The molecule has 0 radical (unpaired) electrons. The number of alkyl halides is 3. The summed E-state index contributed by atoms with van der Waals surface area (Å²) in [5.41, 5.74) is 4.54. The van der Waals surface area contributed by atoms with Crippen molar-refractivity contribution in [3.05, 3.63) is 18.0 Å². The second-order valence-electron chi connectivity index (χ2n) is 4.42. The third-order valence-corrected chi connectivity index (χ3v) is 2.12. The lowest BCUT2D eigenvalue weighted by atomic mass is 10.2. The zero-order valence-corrected chi connectivity index (χ0v) is 10.8. The van der Waals surface area contributed by atoms with Gasteiger partial charge in [0.25, 0.3) is 0 Å². The highest BCUT2D eigenvalue weighted by atomic mass is 19.4. The first-order chi connectivity index (χ1) is 8.80. The number of nitrogens with zero attached hydrogens (tertiary/aromatic N) is 1. The van der Waals surface area contributed by atoms with Gasteiger partial charge in [-0.25, -0.2) is 4.98 Å². The molecule has 0 saturated carbocycles. The predicted molar refractivity (Wildman–Crippen MR) is 64.8 cm³/mol. The van der Waals surface area contributed by atoms with Crippen LogP contribution in [0.15, 0.2) is 12.3 Å². The number of hydrogen-bond donors (Lipinski definition) is 1. The molecule has 0 fully saturated rings. The summed E-state index contributed by atoms with van der Waals surface area (Å²) in [5.74, 6) is 0.360. The molecule has 0 aliphatic heterocycles. The molecule has 7 heteroatoms. The number of aromatic nitrogens is 1. The lowest BCUT2D eigenvalue weighted by molar-refractivity contribution is -0.141. The molecule has 0 aliphatic rings. The Labute approximate surface area is 109 Å². The number of nitrogen functional groups attached to an aromatic ring is 1. The molecule has 1 heterocycles. The summed E-state index contributed by atoms with van der Waals surface area (Å²) in [4.78, 5) is 3.22. The molecule has 108 valence electrons. The molecule has 2 N–H and O–H groups in total. The number of rotatable bonds is 6. The SMILES string of the molecule is CC(C)COCCOc1cc(C(F)(F)F)ncc1N. The fourth-order valence-electron chi connectivity index (χ4n) is 1.26. The maximum Gasteiger partial charge on any atom is 0.433 e. The van der Waals surface area contributed by atoms with Crippen molar-refractivity contribution in [3.63, 3.8) is 0 Å². The monoisotopic (exact) mass is 278 g/mol. The topological polar surface area (TPSA) is 57.4 Å². The summed E-state index contributed by atoms with van der Waals surface area (Å²) in [6.07, 6.45) is -3.58. The number of ether oxygens (including phenoxy) is 2. The van der Waals surface area contributed by atoms with E-state index in [1.54, 1.807) is 0 Å². The maximum absolute atomic E-state index is 12.4. The lowest BCUT2D eigenvalue weighted by Crippen LogP contribution is -2.13. The zero-order valence-electron chi connectivity index (χ0n) is 10.8. The second kappa shape index (κ2) is 6.60. The van der Waals surface area contributed by atoms with E-state index in [0.29, 0.717) is 19.1 Å². The second-order valence-corrected chi connectivity index (χ2v) is 4.42. The Morgan fingerprint density at radius 3 is 2.58 bits per heavy atom. The fraction of sp³-hybridized carbons (Fsp3) is 0.583. The minimum atomic E-state index is -4.51. The summed E-state index contributed by atoms with van der Waals surface area (Å²) in [6, 6.07) is 0.789. The molecule has 1 aromatic heterocycles.